The maximum Gasteiger partial charge on any atom is 0.243 e. The van der Waals surface area contributed by atoms with Crippen LogP contribution in [0.2, 0.25) is 0 Å². The SMILES string of the molecule is Cc1ccc(CNC2CCN(S(=O)(=O)c3ccc(Nc4nccc(Nc5ccc(F)cc5)n4)cc3)CC2)s1. The molecule has 1 aliphatic rings. The zero-order chi connectivity index (χ0) is 26.5. The van der Waals surface area contributed by atoms with Gasteiger partial charge in [-0.05, 0) is 86.5 Å². The van der Waals surface area contributed by atoms with E-state index in [9.17, 15) is 12.8 Å². The standard InChI is InChI=1S/C27H29FN6O2S2/c1-19-2-9-24(37-19)18-30-21-13-16-34(17-14-21)38(35,36)25-10-7-23(8-11-25)32-27-29-15-12-26(33-27)31-22-5-3-20(28)4-6-22/h2-12,15,21,30H,13-14,16-18H2,1H3,(H2,29,31,32,33). The quantitative estimate of drug-likeness (QED) is 0.255. The molecule has 2 aromatic heterocycles. The summed E-state index contributed by atoms with van der Waals surface area (Å²) >= 11 is 1.78. The summed E-state index contributed by atoms with van der Waals surface area (Å²) in [7, 11) is -3.57. The van der Waals surface area contributed by atoms with Crippen LogP contribution in [-0.2, 0) is 16.6 Å². The molecule has 3 heterocycles. The Morgan fingerprint density at radius 1 is 0.947 bits per heavy atom. The van der Waals surface area contributed by atoms with E-state index in [0.717, 1.165) is 19.4 Å². The molecule has 1 fully saturated rings. The summed E-state index contributed by atoms with van der Waals surface area (Å²) in [5.74, 6) is 0.573. The van der Waals surface area contributed by atoms with Crippen LogP contribution in [0.1, 0.15) is 22.6 Å². The highest BCUT2D eigenvalue weighted by Crippen LogP contribution is 2.24. The number of nitrogens with one attached hydrogen (secondary N) is 3. The van der Waals surface area contributed by atoms with Gasteiger partial charge in [0.15, 0.2) is 0 Å². The zero-order valence-corrected chi connectivity index (χ0v) is 22.5. The number of anilines is 4. The average Bonchev–Trinajstić information content (AvgIpc) is 3.34. The molecule has 0 atom stereocenters. The van der Waals surface area contributed by atoms with E-state index in [4.69, 9.17) is 0 Å². The third kappa shape index (κ3) is 6.54. The minimum absolute atomic E-state index is 0.260. The van der Waals surface area contributed by atoms with E-state index in [1.54, 1.807) is 64.3 Å². The number of nitrogens with zero attached hydrogens (tertiary/aromatic N) is 3. The van der Waals surface area contributed by atoms with Gasteiger partial charge in [-0.1, -0.05) is 0 Å². The smallest absolute Gasteiger partial charge is 0.243 e. The van der Waals surface area contributed by atoms with Gasteiger partial charge in [-0.2, -0.15) is 9.29 Å². The molecule has 5 rings (SSSR count). The van der Waals surface area contributed by atoms with Crippen LogP contribution < -0.4 is 16.0 Å². The topological polar surface area (TPSA) is 99.3 Å². The van der Waals surface area contributed by atoms with Gasteiger partial charge in [-0.25, -0.2) is 17.8 Å². The summed E-state index contributed by atoms with van der Waals surface area (Å²) in [4.78, 5) is 11.5. The number of benzene rings is 2. The highest BCUT2D eigenvalue weighted by atomic mass is 32.2. The Bertz CT molecular complexity index is 1470. The molecule has 0 aliphatic carbocycles. The lowest BCUT2D eigenvalue weighted by molar-refractivity contribution is 0.289. The van der Waals surface area contributed by atoms with E-state index in [2.05, 4.69) is 45.0 Å². The first kappa shape index (κ1) is 26.2. The number of piperidine rings is 1. The summed E-state index contributed by atoms with van der Waals surface area (Å²) in [6.07, 6.45) is 3.16. The van der Waals surface area contributed by atoms with Crippen molar-refractivity contribution in [3.63, 3.8) is 0 Å². The highest BCUT2D eigenvalue weighted by Gasteiger charge is 2.29. The Labute approximate surface area is 226 Å². The Morgan fingerprint density at radius 3 is 2.32 bits per heavy atom. The van der Waals surface area contributed by atoms with Gasteiger partial charge < -0.3 is 16.0 Å². The molecule has 0 bridgehead atoms. The van der Waals surface area contributed by atoms with Crippen LogP contribution in [0.3, 0.4) is 0 Å². The van der Waals surface area contributed by atoms with E-state index in [1.165, 1.54) is 21.9 Å². The lowest BCUT2D eigenvalue weighted by atomic mass is 10.1. The van der Waals surface area contributed by atoms with Crippen LogP contribution in [-0.4, -0.2) is 41.8 Å². The molecule has 4 aromatic rings. The van der Waals surface area contributed by atoms with Gasteiger partial charge in [-0.15, -0.1) is 11.3 Å². The zero-order valence-electron chi connectivity index (χ0n) is 20.9. The molecular formula is C27H29FN6O2S2. The van der Waals surface area contributed by atoms with Crippen molar-refractivity contribution in [3.8, 4) is 0 Å². The molecule has 0 unspecified atom stereocenters. The first-order valence-electron chi connectivity index (χ1n) is 12.4. The van der Waals surface area contributed by atoms with Crippen molar-refractivity contribution in [2.45, 2.75) is 37.2 Å². The van der Waals surface area contributed by atoms with E-state index < -0.39 is 10.0 Å². The fraction of sp³-hybridized carbons (Fsp3) is 0.259. The number of aromatic nitrogens is 2. The molecule has 0 radical (unpaired) electrons. The molecule has 11 heteroatoms. The number of aryl methyl sites for hydroxylation is 1. The van der Waals surface area contributed by atoms with E-state index >= 15 is 0 Å². The molecule has 0 saturated carbocycles. The van der Waals surface area contributed by atoms with Crippen molar-refractivity contribution in [1.82, 2.24) is 19.6 Å². The average molecular weight is 553 g/mol. The predicted molar refractivity (Wildman–Crippen MR) is 149 cm³/mol. The Kier molecular flexibility index (Phi) is 7.98. The summed E-state index contributed by atoms with van der Waals surface area (Å²) in [5, 5.41) is 9.75. The third-order valence-electron chi connectivity index (χ3n) is 6.34. The summed E-state index contributed by atoms with van der Waals surface area (Å²) in [6, 6.07) is 18.8. The fourth-order valence-electron chi connectivity index (χ4n) is 4.28. The molecule has 0 amide bonds. The summed E-state index contributed by atoms with van der Waals surface area (Å²) in [5.41, 5.74) is 1.36. The van der Waals surface area contributed by atoms with E-state index in [0.29, 0.717) is 42.3 Å². The van der Waals surface area contributed by atoms with Gasteiger partial charge in [0.25, 0.3) is 0 Å². The highest BCUT2D eigenvalue weighted by molar-refractivity contribution is 7.89. The largest absolute Gasteiger partial charge is 0.340 e. The number of thiophene rings is 1. The Balaban J connectivity index is 1.16. The minimum atomic E-state index is -3.57. The summed E-state index contributed by atoms with van der Waals surface area (Å²) < 4.78 is 41.1. The number of hydrogen-bond acceptors (Lipinski definition) is 8. The van der Waals surface area contributed by atoms with Gasteiger partial charge in [-0.3, -0.25) is 0 Å². The molecule has 0 spiro atoms. The van der Waals surface area contributed by atoms with Gasteiger partial charge in [0.2, 0.25) is 16.0 Å². The van der Waals surface area contributed by atoms with Gasteiger partial charge in [0.1, 0.15) is 11.6 Å². The van der Waals surface area contributed by atoms with Gasteiger partial charge in [0, 0.05) is 53.0 Å². The maximum atomic E-state index is 13.2. The molecular weight excluding hydrogens is 523 g/mol. The molecule has 1 saturated heterocycles. The Morgan fingerprint density at radius 2 is 1.63 bits per heavy atom. The summed E-state index contributed by atoms with van der Waals surface area (Å²) in [6.45, 7) is 3.90. The monoisotopic (exact) mass is 552 g/mol. The molecule has 3 N–H and O–H groups in total. The number of rotatable bonds is 9. The molecule has 2 aromatic carbocycles. The van der Waals surface area contributed by atoms with E-state index in [1.807, 2.05) is 0 Å². The lowest BCUT2D eigenvalue weighted by Crippen LogP contribution is -2.44. The van der Waals surface area contributed by atoms with Crippen molar-refractivity contribution in [3.05, 3.63) is 88.5 Å². The number of halogens is 1. The second kappa shape index (κ2) is 11.6. The van der Waals surface area contributed by atoms with Crippen molar-refractivity contribution in [2.24, 2.45) is 0 Å². The maximum absolute atomic E-state index is 13.2. The fourth-order valence-corrected chi connectivity index (χ4v) is 6.59. The van der Waals surface area contributed by atoms with Crippen molar-refractivity contribution in [1.29, 1.82) is 0 Å². The second-order valence-corrected chi connectivity index (χ2v) is 12.4. The van der Waals surface area contributed by atoms with Crippen LogP contribution in [0.5, 0.6) is 0 Å². The molecule has 1 aliphatic heterocycles. The van der Waals surface area contributed by atoms with Crippen molar-refractivity contribution < 1.29 is 12.8 Å². The number of hydrogen-bond donors (Lipinski definition) is 3. The second-order valence-electron chi connectivity index (χ2n) is 9.12. The first-order chi connectivity index (χ1) is 18.3. The van der Waals surface area contributed by atoms with Gasteiger partial charge >= 0.3 is 0 Å². The van der Waals surface area contributed by atoms with Crippen LogP contribution in [0.15, 0.2) is 77.8 Å². The number of sulfonamides is 1. The predicted octanol–water partition coefficient (Wildman–Crippen LogP) is 5.42. The molecule has 198 valence electrons. The Hall–Kier alpha value is -3.38. The van der Waals surface area contributed by atoms with Crippen LogP contribution in [0.25, 0.3) is 0 Å². The van der Waals surface area contributed by atoms with Gasteiger partial charge in [0.05, 0.1) is 4.90 Å². The van der Waals surface area contributed by atoms with Crippen LogP contribution in [0.4, 0.5) is 27.5 Å². The van der Waals surface area contributed by atoms with E-state index in [-0.39, 0.29) is 10.7 Å². The van der Waals surface area contributed by atoms with Crippen molar-refractivity contribution in [2.75, 3.05) is 23.7 Å². The van der Waals surface area contributed by atoms with Crippen LogP contribution in [0, 0.1) is 12.7 Å². The first-order valence-corrected chi connectivity index (χ1v) is 14.6. The minimum Gasteiger partial charge on any atom is -0.340 e. The molecule has 38 heavy (non-hydrogen) atoms. The van der Waals surface area contributed by atoms with Crippen molar-refractivity contribution >= 4 is 44.5 Å². The molecule has 8 nitrogen and oxygen atoms in total. The normalized spacial score (nSPS) is 14.9. The van der Waals surface area contributed by atoms with Crippen LogP contribution >= 0.6 is 11.3 Å². The lowest BCUT2D eigenvalue weighted by Gasteiger charge is -2.31. The third-order valence-corrected chi connectivity index (χ3v) is 9.25.